The van der Waals surface area contributed by atoms with E-state index in [0.29, 0.717) is 6.61 Å². The van der Waals surface area contributed by atoms with Gasteiger partial charge in [-0.3, -0.25) is 0 Å². The van der Waals surface area contributed by atoms with Crippen LogP contribution in [0.5, 0.6) is 0 Å². The Morgan fingerprint density at radius 2 is 2.47 bits per heavy atom. The molecule has 0 radical (unpaired) electrons. The van der Waals surface area contributed by atoms with Crippen molar-refractivity contribution in [2.75, 3.05) is 0 Å². The molecule has 1 fully saturated rings. The van der Waals surface area contributed by atoms with Gasteiger partial charge in [-0.1, -0.05) is 0 Å². The summed E-state index contributed by atoms with van der Waals surface area (Å²) in [6.45, 7) is 3.63. The zero-order valence-electron chi connectivity index (χ0n) is 9.22. The summed E-state index contributed by atoms with van der Waals surface area (Å²) in [5, 5.41) is 0. The number of hydrogen-bond acceptors (Lipinski definition) is 3. The molecule has 2 N–H and O–H groups in total. The van der Waals surface area contributed by atoms with Crippen molar-refractivity contribution in [3.63, 3.8) is 0 Å². The van der Waals surface area contributed by atoms with Crippen LogP contribution in [0.15, 0.2) is 12.4 Å². The van der Waals surface area contributed by atoms with Crippen LogP contribution in [0.4, 0.5) is 0 Å². The Bertz CT molecular complexity index is 311. The molecule has 0 aliphatic heterocycles. The van der Waals surface area contributed by atoms with Crippen LogP contribution in [0, 0.1) is 0 Å². The van der Waals surface area contributed by atoms with Gasteiger partial charge in [0.2, 0.25) is 0 Å². The first-order valence-corrected chi connectivity index (χ1v) is 5.68. The topological polar surface area (TPSA) is 53.1 Å². The number of nitrogens with zero attached hydrogens (tertiary/aromatic N) is 2. The number of imidazole rings is 1. The third-order valence-electron chi connectivity index (χ3n) is 3.07. The Labute approximate surface area is 90.4 Å². The highest BCUT2D eigenvalue weighted by molar-refractivity contribution is 4.91. The van der Waals surface area contributed by atoms with Gasteiger partial charge in [0.05, 0.1) is 6.10 Å². The van der Waals surface area contributed by atoms with Gasteiger partial charge >= 0.3 is 0 Å². The van der Waals surface area contributed by atoms with E-state index in [4.69, 9.17) is 10.5 Å². The molecular formula is C11H19N3O. The lowest BCUT2D eigenvalue weighted by molar-refractivity contribution is 0.0305. The molecular weight excluding hydrogens is 190 g/mol. The lowest BCUT2D eigenvalue weighted by Crippen LogP contribution is -2.31. The molecule has 1 aromatic rings. The van der Waals surface area contributed by atoms with Gasteiger partial charge in [0.1, 0.15) is 12.4 Å². The zero-order chi connectivity index (χ0) is 10.7. The maximum absolute atomic E-state index is 5.94. The van der Waals surface area contributed by atoms with Crippen LogP contribution in [0.2, 0.25) is 0 Å². The molecule has 0 saturated heterocycles. The molecule has 4 heteroatoms. The van der Waals surface area contributed by atoms with Gasteiger partial charge in [0, 0.05) is 25.0 Å². The summed E-state index contributed by atoms with van der Waals surface area (Å²) >= 11 is 0. The highest BCUT2D eigenvalue weighted by Gasteiger charge is 2.24. The molecule has 1 saturated carbocycles. The quantitative estimate of drug-likeness (QED) is 0.813. The first kappa shape index (κ1) is 10.6. The first-order valence-electron chi connectivity index (χ1n) is 5.68. The summed E-state index contributed by atoms with van der Waals surface area (Å²) in [6, 6.07) is 0.218. The fourth-order valence-electron chi connectivity index (χ4n) is 2.11. The predicted molar refractivity (Wildman–Crippen MR) is 58.3 cm³/mol. The van der Waals surface area contributed by atoms with Gasteiger partial charge in [-0.25, -0.2) is 4.98 Å². The molecule has 2 rings (SSSR count). The fraction of sp³-hybridized carbons (Fsp3) is 0.727. The van der Waals surface area contributed by atoms with E-state index in [0.717, 1.165) is 25.2 Å². The molecule has 1 aromatic heterocycles. The fourth-order valence-corrected chi connectivity index (χ4v) is 2.11. The minimum Gasteiger partial charge on any atom is -0.369 e. The van der Waals surface area contributed by atoms with E-state index in [9.17, 15) is 0 Å². The van der Waals surface area contributed by atoms with Crippen molar-refractivity contribution in [1.82, 2.24) is 9.55 Å². The average molecular weight is 209 g/mol. The molecule has 2 unspecified atom stereocenters. The summed E-state index contributed by atoms with van der Waals surface area (Å²) in [5.41, 5.74) is 5.94. The molecule has 0 spiro atoms. The van der Waals surface area contributed by atoms with Crippen molar-refractivity contribution in [2.45, 2.75) is 51.5 Å². The summed E-state index contributed by atoms with van der Waals surface area (Å²) < 4.78 is 7.89. The van der Waals surface area contributed by atoms with Crippen LogP contribution in [0.3, 0.4) is 0 Å². The summed E-state index contributed by atoms with van der Waals surface area (Å²) in [7, 11) is 0. The molecule has 1 aliphatic rings. The van der Waals surface area contributed by atoms with E-state index in [1.807, 2.05) is 12.4 Å². The maximum Gasteiger partial charge on any atom is 0.134 e. The predicted octanol–water partition coefficient (Wildman–Crippen LogP) is 1.30. The molecule has 15 heavy (non-hydrogen) atoms. The first-order chi connectivity index (χ1) is 7.31. The van der Waals surface area contributed by atoms with Crippen LogP contribution in [-0.2, 0) is 17.9 Å². The number of nitrogens with two attached hydrogens (primary N) is 1. The third-order valence-corrected chi connectivity index (χ3v) is 3.07. The summed E-state index contributed by atoms with van der Waals surface area (Å²) in [4.78, 5) is 4.27. The Morgan fingerprint density at radius 1 is 1.60 bits per heavy atom. The van der Waals surface area contributed by atoms with Crippen LogP contribution in [0.1, 0.15) is 32.0 Å². The number of hydrogen-bond donors (Lipinski definition) is 1. The largest absolute Gasteiger partial charge is 0.369 e. The van der Waals surface area contributed by atoms with E-state index in [1.165, 1.54) is 6.42 Å². The lowest BCUT2D eigenvalue weighted by atomic mass is 10.2. The Kier molecular flexibility index (Phi) is 3.38. The van der Waals surface area contributed by atoms with Gasteiger partial charge in [-0.2, -0.15) is 0 Å². The van der Waals surface area contributed by atoms with Crippen LogP contribution in [0.25, 0.3) is 0 Å². The normalized spacial score (nSPS) is 26.0. The van der Waals surface area contributed by atoms with E-state index in [1.54, 1.807) is 0 Å². The Morgan fingerprint density at radius 3 is 3.13 bits per heavy atom. The molecule has 1 aliphatic carbocycles. The highest BCUT2D eigenvalue weighted by Crippen LogP contribution is 2.21. The minimum absolute atomic E-state index is 0.218. The van der Waals surface area contributed by atoms with Crippen LogP contribution >= 0.6 is 0 Å². The van der Waals surface area contributed by atoms with Gasteiger partial charge < -0.3 is 15.0 Å². The average Bonchev–Trinajstić information content (AvgIpc) is 2.83. The molecule has 0 amide bonds. The van der Waals surface area contributed by atoms with Crippen molar-refractivity contribution in [3.8, 4) is 0 Å². The standard InChI is InChI=1S/C11H19N3O/c1-2-14-7-6-13-11(14)8-15-10-5-3-4-9(10)12/h6-7,9-10H,2-5,8,12H2,1H3. The van der Waals surface area contributed by atoms with Gasteiger partial charge in [0.15, 0.2) is 0 Å². The molecule has 4 nitrogen and oxygen atoms in total. The number of aryl methyl sites for hydroxylation is 1. The minimum atomic E-state index is 0.218. The van der Waals surface area contributed by atoms with Crippen molar-refractivity contribution in [1.29, 1.82) is 0 Å². The van der Waals surface area contributed by atoms with Crippen molar-refractivity contribution in [2.24, 2.45) is 5.73 Å². The van der Waals surface area contributed by atoms with E-state index >= 15 is 0 Å². The molecule has 0 bridgehead atoms. The van der Waals surface area contributed by atoms with Crippen molar-refractivity contribution < 1.29 is 4.74 Å². The summed E-state index contributed by atoms with van der Waals surface area (Å²) in [6.07, 6.45) is 7.39. The second-order valence-corrected chi connectivity index (χ2v) is 4.07. The number of ether oxygens (including phenoxy) is 1. The third kappa shape index (κ3) is 2.38. The number of aromatic nitrogens is 2. The Hall–Kier alpha value is -0.870. The van der Waals surface area contributed by atoms with Gasteiger partial charge in [0.25, 0.3) is 0 Å². The molecule has 1 heterocycles. The molecule has 84 valence electrons. The van der Waals surface area contributed by atoms with Crippen molar-refractivity contribution in [3.05, 3.63) is 18.2 Å². The van der Waals surface area contributed by atoms with Crippen LogP contribution < -0.4 is 5.73 Å². The van der Waals surface area contributed by atoms with E-state index < -0.39 is 0 Å². The number of rotatable bonds is 4. The molecule has 2 atom stereocenters. The smallest absolute Gasteiger partial charge is 0.134 e. The monoisotopic (exact) mass is 209 g/mol. The van der Waals surface area contributed by atoms with Gasteiger partial charge in [-0.05, 0) is 26.2 Å². The SMILES string of the molecule is CCn1ccnc1COC1CCCC1N. The van der Waals surface area contributed by atoms with Crippen LogP contribution in [-0.4, -0.2) is 21.7 Å². The molecule has 0 aromatic carbocycles. The highest BCUT2D eigenvalue weighted by atomic mass is 16.5. The summed E-state index contributed by atoms with van der Waals surface area (Å²) in [5.74, 6) is 0.997. The van der Waals surface area contributed by atoms with Gasteiger partial charge in [-0.15, -0.1) is 0 Å². The van der Waals surface area contributed by atoms with E-state index in [-0.39, 0.29) is 12.1 Å². The maximum atomic E-state index is 5.94. The second kappa shape index (κ2) is 4.77. The van der Waals surface area contributed by atoms with E-state index in [2.05, 4.69) is 16.5 Å². The zero-order valence-corrected chi connectivity index (χ0v) is 9.22. The Balaban J connectivity index is 1.87. The van der Waals surface area contributed by atoms with Crippen molar-refractivity contribution >= 4 is 0 Å². The second-order valence-electron chi connectivity index (χ2n) is 4.07. The lowest BCUT2D eigenvalue weighted by Gasteiger charge is -2.16.